The number of benzene rings is 8. The third-order valence-corrected chi connectivity index (χ3v) is 13.5. The fraction of sp³-hybridized carbons (Fsp3) is 0. The summed E-state index contributed by atoms with van der Waals surface area (Å²) < 4.78 is 0. The third kappa shape index (κ3) is 6.69. The number of hydrogen-bond acceptors (Lipinski definition) is 4. The molecule has 3 heterocycles. The van der Waals surface area contributed by atoms with Gasteiger partial charge in [0.1, 0.15) is 6.33 Å². The van der Waals surface area contributed by atoms with Crippen LogP contribution >= 0.6 is 0 Å². The molecule has 8 aromatic carbocycles. The van der Waals surface area contributed by atoms with E-state index in [4.69, 9.17) is 9.97 Å². The molecule has 4 nitrogen and oxygen atoms in total. The number of rotatable bonds is 8. The Balaban J connectivity index is 1.16. The van der Waals surface area contributed by atoms with E-state index in [0.29, 0.717) is 0 Å². The fourth-order valence-corrected chi connectivity index (χ4v) is 10.4. The Kier molecular flexibility index (Phi) is 9.47. The molecule has 0 aliphatic heterocycles. The molecule has 0 saturated carbocycles. The van der Waals surface area contributed by atoms with E-state index in [2.05, 4.69) is 216 Å². The quantitative estimate of drug-likeness (QED) is 0.143. The first-order valence-electron chi connectivity index (χ1n) is 23.0. The number of pyridine rings is 2. The lowest BCUT2D eigenvalue weighted by atomic mass is 9.85. The highest BCUT2D eigenvalue weighted by Gasteiger charge is 2.41. The van der Waals surface area contributed by atoms with Gasteiger partial charge in [-0.25, -0.2) is 9.97 Å². The molecule has 0 fully saturated rings. The summed E-state index contributed by atoms with van der Waals surface area (Å²) in [5.41, 5.74) is 22.4. The standard InChI is InChI=1S/C64H40N4/c1-4-12-41(13-5-1)43-19-23-46(24-20-43)59-55-38-54(57-18-10-11-31-67-57)53(45-16-8-3-9-17-45)37-56(55)62-63(58-30-33-66-40-68-58)61(50-28-27-48-35-52-39-65-32-29-49(52)34-51(48)36-50)60(64(59)62)47-25-21-44(22-26-47)42-14-6-2-7-15-42/h1-40H. The molecule has 2 aliphatic carbocycles. The Morgan fingerprint density at radius 1 is 0.235 bits per heavy atom. The first-order chi connectivity index (χ1) is 33.7. The van der Waals surface area contributed by atoms with Gasteiger partial charge in [0.25, 0.3) is 0 Å². The maximum absolute atomic E-state index is 5.10. The molecule has 0 atom stereocenters. The second kappa shape index (κ2) is 16.4. The molecule has 0 N–H and O–H groups in total. The predicted octanol–water partition coefficient (Wildman–Crippen LogP) is 15.6. The van der Waals surface area contributed by atoms with Crippen molar-refractivity contribution >= 4 is 49.4 Å². The van der Waals surface area contributed by atoms with E-state index in [0.717, 1.165) is 99.7 Å². The zero-order valence-corrected chi connectivity index (χ0v) is 36.9. The fourth-order valence-electron chi connectivity index (χ4n) is 10.4. The van der Waals surface area contributed by atoms with Crippen molar-refractivity contribution in [3.8, 4) is 44.6 Å². The minimum atomic E-state index is 0.866. The van der Waals surface area contributed by atoms with Crippen molar-refractivity contribution in [2.24, 2.45) is 0 Å². The summed E-state index contributed by atoms with van der Waals surface area (Å²) in [5.74, 6) is 0. The van der Waals surface area contributed by atoms with Crippen molar-refractivity contribution < 1.29 is 0 Å². The molecule has 0 spiro atoms. The zero-order valence-electron chi connectivity index (χ0n) is 36.9. The van der Waals surface area contributed by atoms with Crippen LogP contribution < -0.4 is 0 Å². The molecular weight excluding hydrogens is 825 g/mol. The Morgan fingerprint density at radius 3 is 1.44 bits per heavy atom. The lowest BCUT2D eigenvalue weighted by Gasteiger charge is -2.19. The van der Waals surface area contributed by atoms with Gasteiger partial charge >= 0.3 is 0 Å². The van der Waals surface area contributed by atoms with E-state index in [9.17, 15) is 0 Å². The first-order valence-corrected chi connectivity index (χ1v) is 23.0. The van der Waals surface area contributed by atoms with Gasteiger partial charge in [0.15, 0.2) is 0 Å². The summed E-state index contributed by atoms with van der Waals surface area (Å²) in [4.78, 5) is 19.0. The summed E-state index contributed by atoms with van der Waals surface area (Å²) in [5, 5.41) is 4.60. The average Bonchev–Trinajstić information content (AvgIpc) is 3.93. The molecule has 68 heavy (non-hydrogen) atoms. The molecule has 316 valence electrons. The van der Waals surface area contributed by atoms with Crippen LogP contribution in [0, 0.1) is 0 Å². The molecule has 11 aromatic rings. The minimum absolute atomic E-state index is 0.866. The summed E-state index contributed by atoms with van der Waals surface area (Å²) in [6.45, 7) is 0. The van der Waals surface area contributed by atoms with Crippen molar-refractivity contribution in [3.63, 3.8) is 0 Å². The van der Waals surface area contributed by atoms with Crippen LogP contribution in [0.4, 0.5) is 0 Å². The van der Waals surface area contributed by atoms with Crippen LogP contribution in [0.3, 0.4) is 0 Å². The van der Waals surface area contributed by atoms with E-state index in [1.54, 1.807) is 6.33 Å². The maximum Gasteiger partial charge on any atom is 0.116 e. The number of aromatic nitrogens is 4. The van der Waals surface area contributed by atoms with Gasteiger partial charge in [-0.15, -0.1) is 0 Å². The summed E-state index contributed by atoms with van der Waals surface area (Å²) in [6, 6.07) is 76.8. The average molecular weight is 865 g/mol. The van der Waals surface area contributed by atoms with Gasteiger partial charge in [-0.1, -0.05) is 158 Å². The van der Waals surface area contributed by atoms with Crippen molar-refractivity contribution in [2.75, 3.05) is 0 Å². The Hall–Kier alpha value is -9.12. The smallest absolute Gasteiger partial charge is 0.116 e. The minimum Gasteiger partial charge on any atom is -0.264 e. The van der Waals surface area contributed by atoms with Crippen LogP contribution in [0.2, 0.25) is 0 Å². The SMILES string of the molecule is c1ccc(-c2ccc(C3=C(c4ccc5cc6cnccc6cc5c4)C(c4ccncn4)=C4C3=C(c3ccc(-c5ccccc5)cc3)c3cc(-c5ccccn5)c(-c5ccccc5)cc34)cc2)cc1. The second-order valence-corrected chi connectivity index (χ2v) is 17.4. The van der Waals surface area contributed by atoms with Gasteiger partial charge in [-0.3, -0.25) is 9.97 Å². The van der Waals surface area contributed by atoms with Gasteiger partial charge < -0.3 is 0 Å². The Bertz CT molecular complexity index is 3820. The van der Waals surface area contributed by atoms with E-state index < -0.39 is 0 Å². The molecule has 2 aliphatic rings. The lowest BCUT2D eigenvalue weighted by molar-refractivity contribution is 1.15. The highest BCUT2D eigenvalue weighted by molar-refractivity contribution is 6.39. The zero-order chi connectivity index (χ0) is 45.0. The van der Waals surface area contributed by atoms with E-state index >= 15 is 0 Å². The van der Waals surface area contributed by atoms with Crippen LogP contribution in [-0.4, -0.2) is 19.9 Å². The topological polar surface area (TPSA) is 51.6 Å². The maximum atomic E-state index is 5.10. The molecule has 0 bridgehead atoms. The number of hydrogen-bond donors (Lipinski definition) is 0. The monoisotopic (exact) mass is 864 g/mol. The van der Waals surface area contributed by atoms with Gasteiger partial charge in [-0.05, 0) is 149 Å². The summed E-state index contributed by atoms with van der Waals surface area (Å²) >= 11 is 0. The summed E-state index contributed by atoms with van der Waals surface area (Å²) in [7, 11) is 0. The molecule has 0 unspecified atom stereocenters. The number of allylic oxidation sites excluding steroid dienone is 5. The molecule has 0 saturated heterocycles. The normalized spacial score (nSPS) is 13.1. The van der Waals surface area contributed by atoms with Crippen molar-refractivity contribution in [1.82, 2.24) is 19.9 Å². The molecule has 13 rings (SSSR count). The van der Waals surface area contributed by atoms with Gasteiger partial charge in [0.05, 0.1) is 11.4 Å². The van der Waals surface area contributed by atoms with Crippen molar-refractivity contribution in [2.45, 2.75) is 0 Å². The second-order valence-electron chi connectivity index (χ2n) is 17.4. The third-order valence-electron chi connectivity index (χ3n) is 13.5. The molecule has 0 radical (unpaired) electrons. The summed E-state index contributed by atoms with van der Waals surface area (Å²) in [6.07, 6.45) is 9.24. The van der Waals surface area contributed by atoms with Crippen LogP contribution in [0.15, 0.2) is 249 Å². The van der Waals surface area contributed by atoms with Crippen LogP contribution in [0.25, 0.3) is 94.0 Å². The molecule has 4 heteroatoms. The van der Waals surface area contributed by atoms with Crippen molar-refractivity contribution in [3.05, 3.63) is 283 Å². The molecule has 3 aromatic heterocycles. The highest BCUT2D eigenvalue weighted by atomic mass is 14.8. The van der Waals surface area contributed by atoms with Crippen LogP contribution in [0.1, 0.15) is 33.5 Å². The van der Waals surface area contributed by atoms with Crippen LogP contribution in [-0.2, 0) is 0 Å². The predicted molar refractivity (Wildman–Crippen MR) is 280 cm³/mol. The first kappa shape index (κ1) is 39.3. The number of fused-ring (bicyclic) bond motifs is 5. The van der Waals surface area contributed by atoms with Crippen LogP contribution in [0.5, 0.6) is 0 Å². The Morgan fingerprint density at radius 2 is 0.779 bits per heavy atom. The molecular formula is C64H40N4. The molecule has 0 amide bonds. The van der Waals surface area contributed by atoms with E-state index in [1.807, 2.05) is 30.9 Å². The van der Waals surface area contributed by atoms with Crippen molar-refractivity contribution in [1.29, 1.82) is 0 Å². The van der Waals surface area contributed by atoms with Gasteiger partial charge in [0, 0.05) is 52.5 Å². The lowest BCUT2D eigenvalue weighted by Crippen LogP contribution is -1.99. The van der Waals surface area contributed by atoms with E-state index in [-0.39, 0.29) is 0 Å². The van der Waals surface area contributed by atoms with Gasteiger partial charge in [0.2, 0.25) is 0 Å². The largest absolute Gasteiger partial charge is 0.264 e. The highest BCUT2D eigenvalue weighted by Crippen LogP contribution is 2.62. The van der Waals surface area contributed by atoms with E-state index in [1.165, 1.54) is 33.4 Å². The Labute approximate surface area is 394 Å². The number of nitrogens with zero attached hydrogens (tertiary/aromatic N) is 4. The van der Waals surface area contributed by atoms with Gasteiger partial charge in [-0.2, -0.15) is 0 Å².